The molecule has 86 valence electrons. The average molecular weight is 234 g/mol. The highest BCUT2D eigenvalue weighted by Crippen LogP contribution is 2.18. The van der Waals surface area contributed by atoms with Crippen molar-refractivity contribution in [3.63, 3.8) is 0 Å². The van der Waals surface area contributed by atoms with Gasteiger partial charge in [-0.25, -0.2) is 0 Å². The van der Waals surface area contributed by atoms with E-state index in [2.05, 4.69) is 16.2 Å². The second-order valence-electron chi connectivity index (χ2n) is 3.99. The largest absolute Gasteiger partial charge is 0.265 e. The molecular weight excluding hydrogens is 224 g/mol. The Labute approximate surface area is 104 Å². The zero-order valence-electron chi connectivity index (χ0n) is 9.61. The van der Waals surface area contributed by atoms with E-state index < -0.39 is 0 Å². The standard InChI is InChI=1S/C14H10N4/c15-9-13-12-3-1-2-4-14(12)18(17-13)10-11-5-7-16-8-6-11/h1-8H,10H2. The van der Waals surface area contributed by atoms with Gasteiger partial charge in [0, 0.05) is 17.8 Å². The summed E-state index contributed by atoms with van der Waals surface area (Å²) in [6.45, 7) is 0.644. The zero-order chi connectivity index (χ0) is 12.4. The number of hydrogen-bond acceptors (Lipinski definition) is 3. The maximum Gasteiger partial charge on any atom is 0.170 e. The molecule has 0 bridgehead atoms. The van der Waals surface area contributed by atoms with Gasteiger partial charge in [-0.15, -0.1) is 0 Å². The summed E-state index contributed by atoms with van der Waals surface area (Å²) in [5, 5.41) is 14.3. The van der Waals surface area contributed by atoms with E-state index in [-0.39, 0.29) is 0 Å². The van der Waals surface area contributed by atoms with Crippen molar-refractivity contribution in [2.75, 3.05) is 0 Å². The second kappa shape index (κ2) is 4.30. The summed E-state index contributed by atoms with van der Waals surface area (Å²) in [4.78, 5) is 3.99. The highest BCUT2D eigenvalue weighted by molar-refractivity contribution is 5.84. The summed E-state index contributed by atoms with van der Waals surface area (Å²) >= 11 is 0. The van der Waals surface area contributed by atoms with Crippen molar-refractivity contribution in [1.82, 2.24) is 14.8 Å². The van der Waals surface area contributed by atoms with Gasteiger partial charge >= 0.3 is 0 Å². The van der Waals surface area contributed by atoms with Crippen LogP contribution in [-0.4, -0.2) is 14.8 Å². The minimum atomic E-state index is 0.472. The quantitative estimate of drug-likeness (QED) is 0.684. The van der Waals surface area contributed by atoms with Crippen LogP contribution in [0.1, 0.15) is 11.3 Å². The van der Waals surface area contributed by atoms with Gasteiger partial charge < -0.3 is 0 Å². The summed E-state index contributed by atoms with van der Waals surface area (Å²) in [7, 11) is 0. The van der Waals surface area contributed by atoms with Crippen LogP contribution in [0, 0.1) is 11.3 Å². The van der Waals surface area contributed by atoms with Crippen LogP contribution in [0.3, 0.4) is 0 Å². The second-order valence-corrected chi connectivity index (χ2v) is 3.99. The number of nitrogens with zero attached hydrogens (tertiary/aromatic N) is 4. The predicted octanol–water partition coefficient (Wildman–Crippen LogP) is 2.35. The minimum Gasteiger partial charge on any atom is -0.265 e. The lowest BCUT2D eigenvalue weighted by Gasteiger charge is -2.02. The molecule has 18 heavy (non-hydrogen) atoms. The smallest absolute Gasteiger partial charge is 0.170 e. The van der Waals surface area contributed by atoms with E-state index in [1.807, 2.05) is 41.1 Å². The Morgan fingerprint density at radius 2 is 1.89 bits per heavy atom. The molecule has 0 aliphatic rings. The third kappa shape index (κ3) is 1.72. The summed E-state index contributed by atoms with van der Waals surface area (Å²) in [6.07, 6.45) is 3.51. The molecule has 1 aromatic carbocycles. The molecule has 0 spiro atoms. The SMILES string of the molecule is N#Cc1nn(Cc2ccncc2)c2ccccc12. The molecule has 3 aromatic rings. The molecular formula is C14H10N4. The van der Waals surface area contributed by atoms with Crippen molar-refractivity contribution in [3.05, 3.63) is 60.0 Å². The molecule has 2 heterocycles. The van der Waals surface area contributed by atoms with E-state index in [4.69, 9.17) is 5.26 Å². The van der Waals surface area contributed by atoms with Gasteiger partial charge in [0.05, 0.1) is 12.1 Å². The molecule has 0 saturated carbocycles. The molecule has 0 atom stereocenters. The summed E-state index contributed by atoms with van der Waals surface area (Å²) in [5.41, 5.74) is 2.56. The molecule has 4 nitrogen and oxygen atoms in total. The van der Waals surface area contributed by atoms with Crippen LogP contribution in [0.4, 0.5) is 0 Å². The number of rotatable bonds is 2. The predicted molar refractivity (Wildman–Crippen MR) is 67.8 cm³/mol. The molecule has 0 amide bonds. The van der Waals surface area contributed by atoms with Crippen LogP contribution in [0.2, 0.25) is 0 Å². The number of aromatic nitrogens is 3. The van der Waals surface area contributed by atoms with Gasteiger partial charge in [0.2, 0.25) is 0 Å². The molecule has 0 N–H and O–H groups in total. The molecule has 0 aliphatic carbocycles. The lowest BCUT2D eigenvalue weighted by atomic mass is 10.2. The Balaban J connectivity index is 2.11. The molecule has 2 aromatic heterocycles. The first-order valence-corrected chi connectivity index (χ1v) is 5.63. The Bertz CT molecular complexity index is 722. The summed E-state index contributed by atoms with van der Waals surface area (Å²) in [6, 6.07) is 13.8. The highest BCUT2D eigenvalue weighted by atomic mass is 15.3. The Morgan fingerprint density at radius 1 is 1.11 bits per heavy atom. The number of benzene rings is 1. The van der Waals surface area contributed by atoms with Crippen molar-refractivity contribution in [2.45, 2.75) is 6.54 Å². The van der Waals surface area contributed by atoms with Crippen molar-refractivity contribution in [2.24, 2.45) is 0 Å². The van der Waals surface area contributed by atoms with Crippen molar-refractivity contribution in [3.8, 4) is 6.07 Å². The number of pyridine rings is 1. The molecule has 0 fully saturated rings. The number of para-hydroxylation sites is 1. The van der Waals surface area contributed by atoms with Crippen LogP contribution in [0.5, 0.6) is 0 Å². The summed E-state index contributed by atoms with van der Waals surface area (Å²) in [5.74, 6) is 0. The van der Waals surface area contributed by atoms with Gasteiger partial charge in [-0.1, -0.05) is 12.1 Å². The number of hydrogen-bond donors (Lipinski definition) is 0. The molecule has 4 heteroatoms. The molecule has 0 unspecified atom stereocenters. The maximum absolute atomic E-state index is 9.08. The van der Waals surface area contributed by atoms with Crippen molar-refractivity contribution < 1.29 is 0 Å². The normalized spacial score (nSPS) is 10.4. The van der Waals surface area contributed by atoms with E-state index in [1.54, 1.807) is 12.4 Å². The van der Waals surface area contributed by atoms with Crippen LogP contribution >= 0.6 is 0 Å². The van der Waals surface area contributed by atoms with E-state index in [9.17, 15) is 0 Å². The van der Waals surface area contributed by atoms with Crippen LogP contribution < -0.4 is 0 Å². The first-order valence-electron chi connectivity index (χ1n) is 5.63. The van der Waals surface area contributed by atoms with Gasteiger partial charge in [-0.3, -0.25) is 9.67 Å². The Morgan fingerprint density at radius 3 is 2.67 bits per heavy atom. The van der Waals surface area contributed by atoms with Gasteiger partial charge in [-0.05, 0) is 29.8 Å². The third-order valence-corrected chi connectivity index (χ3v) is 2.85. The van der Waals surface area contributed by atoms with Gasteiger partial charge in [0.1, 0.15) is 6.07 Å². The fraction of sp³-hybridized carbons (Fsp3) is 0.0714. The van der Waals surface area contributed by atoms with Gasteiger partial charge in [-0.2, -0.15) is 10.4 Å². The van der Waals surface area contributed by atoms with E-state index >= 15 is 0 Å². The first-order chi connectivity index (χ1) is 8.88. The van der Waals surface area contributed by atoms with E-state index in [1.165, 1.54) is 0 Å². The summed E-state index contributed by atoms with van der Waals surface area (Å²) < 4.78 is 1.85. The topological polar surface area (TPSA) is 54.5 Å². The van der Waals surface area contributed by atoms with Gasteiger partial charge in [0.25, 0.3) is 0 Å². The Hall–Kier alpha value is -2.67. The van der Waals surface area contributed by atoms with Crippen LogP contribution in [0.15, 0.2) is 48.8 Å². The lowest BCUT2D eigenvalue weighted by Crippen LogP contribution is -2.01. The van der Waals surface area contributed by atoms with Gasteiger partial charge in [0.15, 0.2) is 5.69 Å². The zero-order valence-corrected chi connectivity index (χ0v) is 9.61. The maximum atomic E-state index is 9.08. The van der Waals surface area contributed by atoms with Crippen LogP contribution in [0.25, 0.3) is 10.9 Å². The number of nitriles is 1. The molecule has 0 aliphatic heterocycles. The molecule has 3 rings (SSSR count). The highest BCUT2D eigenvalue weighted by Gasteiger charge is 2.09. The molecule has 0 saturated heterocycles. The fourth-order valence-corrected chi connectivity index (χ4v) is 1.99. The number of fused-ring (bicyclic) bond motifs is 1. The monoisotopic (exact) mass is 234 g/mol. The Kier molecular flexibility index (Phi) is 2.50. The van der Waals surface area contributed by atoms with E-state index in [0.29, 0.717) is 12.2 Å². The minimum absolute atomic E-state index is 0.472. The van der Waals surface area contributed by atoms with Crippen LogP contribution in [-0.2, 0) is 6.54 Å². The fourth-order valence-electron chi connectivity index (χ4n) is 1.99. The average Bonchev–Trinajstić information content (AvgIpc) is 2.78. The first kappa shape index (κ1) is 10.5. The molecule has 0 radical (unpaired) electrons. The van der Waals surface area contributed by atoms with E-state index in [0.717, 1.165) is 16.5 Å². The van der Waals surface area contributed by atoms with Crippen molar-refractivity contribution >= 4 is 10.9 Å². The van der Waals surface area contributed by atoms with Crippen molar-refractivity contribution in [1.29, 1.82) is 5.26 Å². The lowest BCUT2D eigenvalue weighted by molar-refractivity contribution is 0.707. The third-order valence-electron chi connectivity index (χ3n) is 2.85.